The van der Waals surface area contributed by atoms with Gasteiger partial charge in [-0.1, -0.05) is 80.3 Å². The Labute approximate surface area is 149 Å². The van der Waals surface area contributed by atoms with E-state index in [-0.39, 0.29) is 11.6 Å². The summed E-state index contributed by atoms with van der Waals surface area (Å²) in [5, 5.41) is 9.70. The lowest BCUT2D eigenvalue weighted by Crippen LogP contribution is -2.57. The standard InChI is InChI=1S/C20H24F2N2Si/c1-16(17-11-7-5-8-12-17)24(25(2,3)4)19(15-23)20(21,22)18-13-9-6-10-14-18/h5-14,16,19H,1-4H3/t16-,19-/m0/s1. The van der Waals surface area contributed by atoms with E-state index in [0.717, 1.165) is 5.56 Å². The van der Waals surface area contributed by atoms with Crippen molar-refractivity contribution in [3.05, 3.63) is 71.8 Å². The molecule has 2 atom stereocenters. The quantitative estimate of drug-likeness (QED) is 0.631. The molecule has 2 rings (SSSR count). The van der Waals surface area contributed by atoms with Gasteiger partial charge in [0.25, 0.3) is 0 Å². The van der Waals surface area contributed by atoms with Crippen LogP contribution >= 0.6 is 0 Å². The van der Waals surface area contributed by atoms with Crippen LogP contribution in [0.1, 0.15) is 24.1 Å². The van der Waals surface area contributed by atoms with Crippen molar-refractivity contribution >= 4 is 8.24 Å². The maximum atomic E-state index is 15.2. The van der Waals surface area contributed by atoms with Crippen LogP contribution in [-0.2, 0) is 5.92 Å². The van der Waals surface area contributed by atoms with E-state index < -0.39 is 20.2 Å². The van der Waals surface area contributed by atoms with Crippen molar-refractivity contribution in [1.82, 2.24) is 4.57 Å². The molecule has 0 amide bonds. The second-order valence-corrected chi connectivity index (χ2v) is 12.0. The minimum atomic E-state index is -3.25. The van der Waals surface area contributed by atoms with Crippen LogP contribution in [0.25, 0.3) is 0 Å². The zero-order chi connectivity index (χ0) is 18.7. The smallest absolute Gasteiger partial charge is 0.298 e. The van der Waals surface area contributed by atoms with Crippen molar-refractivity contribution in [2.24, 2.45) is 0 Å². The monoisotopic (exact) mass is 358 g/mol. The highest BCUT2D eigenvalue weighted by atomic mass is 28.3. The lowest BCUT2D eigenvalue weighted by atomic mass is 9.99. The summed E-state index contributed by atoms with van der Waals surface area (Å²) in [5.41, 5.74) is 0.819. The highest BCUT2D eigenvalue weighted by molar-refractivity contribution is 6.73. The van der Waals surface area contributed by atoms with Crippen LogP contribution in [0.4, 0.5) is 8.78 Å². The Morgan fingerprint density at radius 3 is 1.88 bits per heavy atom. The highest BCUT2D eigenvalue weighted by Crippen LogP contribution is 2.40. The van der Waals surface area contributed by atoms with E-state index >= 15 is 8.78 Å². The Balaban J connectivity index is 2.51. The molecule has 0 aliphatic carbocycles. The molecular formula is C20H24F2N2Si. The summed E-state index contributed by atoms with van der Waals surface area (Å²) in [7, 11) is -2.23. The maximum Gasteiger partial charge on any atom is 0.301 e. The molecule has 0 spiro atoms. The normalized spacial score (nSPS) is 14.8. The molecule has 5 heteroatoms. The van der Waals surface area contributed by atoms with Crippen molar-refractivity contribution in [2.45, 2.75) is 44.6 Å². The van der Waals surface area contributed by atoms with Gasteiger partial charge in [0.1, 0.15) is 8.24 Å². The molecule has 25 heavy (non-hydrogen) atoms. The SMILES string of the molecule is C[C@@H](c1ccccc1)N([C@@H](C#N)C(F)(F)c1ccccc1)[Si](C)(C)C. The van der Waals surface area contributed by atoms with Crippen molar-refractivity contribution in [2.75, 3.05) is 0 Å². The Morgan fingerprint density at radius 2 is 1.44 bits per heavy atom. The summed E-state index contributed by atoms with van der Waals surface area (Å²) in [4.78, 5) is 0. The fourth-order valence-corrected chi connectivity index (χ4v) is 5.53. The third-order valence-electron chi connectivity index (χ3n) is 4.38. The van der Waals surface area contributed by atoms with Crippen LogP contribution in [-0.4, -0.2) is 18.8 Å². The lowest BCUT2D eigenvalue weighted by molar-refractivity contribution is -0.0564. The number of alkyl halides is 2. The molecule has 2 nitrogen and oxygen atoms in total. The lowest BCUT2D eigenvalue weighted by Gasteiger charge is -2.44. The zero-order valence-corrected chi connectivity index (χ0v) is 16.1. The van der Waals surface area contributed by atoms with E-state index in [1.54, 1.807) is 22.8 Å². The summed E-state index contributed by atoms with van der Waals surface area (Å²) >= 11 is 0. The van der Waals surface area contributed by atoms with E-state index in [9.17, 15) is 5.26 Å². The topological polar surface area (TPSA) is 27.0 Å². The number of hydrogen-bond donors (Lipinski definition) is 0. The van der Waals surface area contributed by atoms with Crippen LogP contribution in [0.5, 0.6) is 0 Å². The van der Waals surface area contributed by atoms with E-state index in [2.05, 4.69) is 0 Å². The molecule has 0 bridgehead atoms. The van der Waals surface area contributed by atoms with Gasteiger partial charge in [-0.05, 0) is 12.5 Å². The number of halogens is 2. The molecule has 2 aromatic carbocycles. The van der Waals surface area contributed by atoms with Gasteiger partial charge in [-0.3, -0.25) is 4.57 Å². The Morgan fingerprint density at radius 1 is 0.960 bits per heavy atom. The number of benzene rings is 2. The first-order chi connectivity index (χ1) is 11.7. The molecular weight excluding hydrogens is 334 g/mol. The second kappa shape index (κ2) is 7.47. The van der Waals surface area contributed by atoms with Gasteiger partial charge in [0.05, 0.1) is 6.07 Å². The number of nitriles is 1. The van der Waals surface area contributed by atoms with Crippen LogP contribution < -0.4 is 0 Å². The minimum Gasteiger partial charge on any atom is -0.298 e. The van der Waals surface area contributed by atoms with Crippen LogP contribution in [0.3, 0.4) is 0 Å². The average Bonchev–Trinajstić information content (AvgIpc) is 2.59. The molecule has 0 fully saturated rings. The van der Waals surface area contributed by atoms with Gasteiger partial charge >= 0.3 is 5.92 Å². The summed E-state index contributed by atoms with van der Waals surface area (Å²) in [6.07, 6.45) is 0. The van der Waals surface area contributed by atoms with Crippen LogP contribution in [0, 0.1) is 11.3 Å². The maximum absolute atomic E-state index is 15.2. The van der Waals surface area contributed by atoms with E-state index in [1.165, 1.54) is 12.1 Å². The molecule has 2 aromatic rings. The molecule has 0 aliphatic heterocycles. The molecule has 0 unspecified atom stereocenters. The molecule has 0 saturated heterocycles. The van der Waals surface area contributed by atoms with Gasteiger partial charge in [-0.15, -0.1) is 0 Å². The minimum absolute atomic E-state index is 0.120. The third kappa shape index (κ3) is 4.14. The van der Waals surface area contributed by atoms with Crippen molar-refractivity contribution in [3.8, 4) is 6.07 Å². The first kappa shape index (κ1) is 19.3. The van der Waals surface area contributed by atoms with E-state index in [0.29, 0.717) is 0 Å². The molecule has 0 radical (unpaired) electrons. The van der Waals surface area contributed by atoms with Crippen molar-refractivity contribution < 1.29 is 8.78 Å². The van der Waals surface area contributed by atoms with Crippen LogP contribution in [0.2, 0.25) is 19.6 Å². The molecule has 132 valence electrons. The predicted octanol–water partition coefficient (Wildman–Crippen LogP) is 5.57. The van der Waals surface area contributed by atoms with Gasteiger partial charge < -0.3 is 0 Å². The van der Waals surface area contributed by atoms with Gasteiger partial charge in [-0.2, -0.15) is 14.0 Å². The fraction of sp³-hybridized carbons (Fsp3) is 0.350. The first-order valence-corrected chi connectivity index (χ1v) is 11.8. The number of nitrogens with zero attached hydrogens (tertiary/aromatic N) is 2. The van der Waals surface area contributed by atoms with Crippen LogP contribution in [0.15, 0.2) is 60.7 Å². The van der Waals surface area contributed by atoms with Crippen molar-refractivity contribution in [1.29, 1.82) is 5.26 Å². The second-order valence-electron chi connectivity index (χ2n) is 7.19. The molecule has 0 aromatic heterocycles. The van der Waals surface area contributed by atoms with Gasteiger partial charge in [0.15, 0.2) is 6.04 Å². The fourth-order valence-electron chi connectivity index (χ4n) is 3.22. The molecule has 0 N–H and O–H groups in total. The van der Waals surface area contributed by atoms with E-state index in [4.69, 9.17) is 0 Å². The van der Waals surface area contributed by atoms with Gasteiger partial charge in [0, 0.05) is 11.6 Å². The Hall–Kier alpha value is -2.03. The largest absolute Gasteiger partial charge is 0.301 e. The summed E-state index contributed by atoms with van der Waals surface area (Å²) < 4.78 is 32.2. The third-order valence-corrected chi connectivity index (χ3v) is 6.57. The number of rotatable bonds is 6. The Bertz CT molecular complexity index is 721. The predicted molar refractivity (Wildman–Crippen MR) is 99.8 cm³/mol. The van der Waals surface area contributed by atoms with Gasteiger partial charge in [-0.25, -0.2) is 0 Å². The highest BCUT2D eigenvalue weighted by Gasteiger charge is 2.50. The average molecular weight is 359 g/mol. The summed E-state index contributed by atoms with van der Waals surface area (Å²) in [5.74, 6) is -3.25. The molecule has 0 heterocycles. The zero-order valence-electron chi connectivity index (χ0n) is 15.1. The molecule has 0 aliphatic rings. The summed E-state index contributed by atoms with van der Waals surface area (Å²) in [6.45, 7) is 7.90. The number of hydrogen-bond acceptors (Lipinski definition) is 2. The van der Waals surface area contributed by atoms with E-state index in [1.807, 2.05) is 63.0 Å². The van der Waals surface area contributed by atoms with Gasteiger partial charge in [0.2, 0.25) is 0 Å². The summed E-state index contributed by atoms with van der Waals surface area (Å²) in [6, 6.07) is 17.3. The first-order valence-electron chi connectivity index (χ1n) is 8.36. The molecule has 0 saturated carbocycles. The van der Waals surface area contributed by atoms with Crippen molar-refractivity contribution in [3.63, 3.8) is 0 Å². The Kier molecular flexibility index (Phi) is 5.76.